The fourth-order valence-electron chi connectivity index (χ4n) is 2.10. The summed E-state index contributed by atoms with van der Waals surface area (Å²) in [6.07, 6.45) is 0.991. The van der Waals surface area contributed by atoms with Crippen molar-refractivity contribution in [2.24, 2.45) is 5.92 Å². The van der Waals surface area contributed by atoms with Crippen LogP contribution in [0.4, 0.5) is 0 Å². The van der Waals surface area contributed by atoms with Crippen molar-refractivity contribution in [2.45, 2.75) is 44.6 Å². The van der Waals surface area contributed by atoms with Crippen molar-refractivity contribution < 1.29 is 13.5 Å². The summed E-state index contributed by atoms with van der Waals surface area (Å²) >= 11 is 3.26. The van der Waals surface area contributed by atoms with Gasteiger partial charge in [0.25, 0.3) is 0 Å². The highest BCUT2D eigenvalue weighted by molar-refractivity contribution is 9.10. The monoisotopic (exact) mass is 363 g/mol. The highest BCUT2D eigenvalue weighted by Gasteiger charge is 2.21. The Bertz CT molecular complexity index is 541. The maximum atomic E-state index is 12.2. The van der Waals surface area contributed by atoms with Crippen molar-refractivity contribution in [2.75, 3.05) is 6.54 Å². The summed E-state index contributed by atoms with van der Waals surface area (Å²) in [5.74, 6) is 0.110. The van der Waals surface area contributed by atoms with Gasteiger partial charge >= 0.3 is 0 Å². The number of rotatable bonds is 7. The van der Waals surface area contributed by atoms with Crippen LogP contribution in [0.2, 0.25) is 0 Å². The smallest absolute Gasteiger partial charge is 0.241 e. The summed E-state index contributed by atoms with van der Waals surface area (Å²) in [6, 6.07) is 5.06. The number of sulfonamides is 1. The Balaban J connectivity index is 2.80. The molecule has 20 heavy (non-hydrogen) atoms. The van der Waals surface area contributed by atoms with E-state index in [0.29, 0.717) is 4.47 Å². The highest BCUT2D eigenvalue weighted by Crippen LogP contribution is 2.23. The number of nitrogens with one attached hydrogen (secondary N) is 1. The third-order valence-corrected chi connectivity index (χ3v) is 5.85. The Labute approximate surface area is 129 Å². The van der Waals surface area contributed by atoms with Gasteiger partial charge in [-0.2, -0.15) is 0 Å². The fourth-order valence-corrected chi connectivity index (χ4v) is 4.34. The molecule has 0 aliphatic heterocycles. The van der Waals surface area contributed by atoms with E-state index in [4.69, 9.17) is 0 Å². The molecule has 1 aromatic carbocycles. The molecule has 0 fully saturated rings. The lowest BCUT2D eigenvalue weighted by molar-refractivity contribution is 0.107. The molecule has 1 aromatic rings. The second-order valence-electron chi connectivity index (χ2n) is 4.93. The van der Waals surface area contributed by atoms with Gasteiger partial charge in [0.15, 0.2) is 0 Å². The van der Waals surface area contributed by atoms with Gasteiger partial charge in [-0.1, -0.05) is 32.8 Å². The van der Waals surface area contributed by atoms with Crippen LogP contribution in [-0.4, -0.2) is 26.2 Å². The standard InChI is InChI=1S/C14H22BrNO3S/c1-4-11(5-2)13(17)9-16-20(18,19)14-7-6-10(3)8-12(14)15/h6-8,11,13,16-17H,4-5,9H2,1-3H3. The van der Waals surface area contributed by atoms with Gasteiger partial charge in [0.2, 0.25) is 10.0 Å². The van der Waals surface area contributed by atoms with Crippen molar-refractivity contribution in [1.29, 1.82) is 0 Å². The second-order valence-corrected chi connectivity index (χ2v) is 7.52. The first-order valence-electron chi connectivity index (χ1n) is 6.75. The zero-order valence-electron chi connectivity index (χ0n) is 12.1. The fraction of sp³-hybridized carbons (Fsp3) is 0.571. The average molecular weight is 364 g/mol. The number of aryl methyl sites for hydroxylation is 1. The van der Waals surface area contributed by atoms with Gasteiger partial charge in [-0.25, -0.2) is 13.1 Å². The van der Waals surface area contributed by atoms with Gasteiger partial charge < -0.3 is 5.11 Å². The lowest BCUT2D eigenvalue weighted by Crippen LogP contribution is -2.36. The highest BCUT2D eigenvalue weighted by atomic mass is 79.9. The third-order valence-electron chi connectivity index (χ3n) is 3.45. The number of hydrogen-bond acceptors (Lipinski definition) is 3. The number of aliphatic hydroxyl groups is 1. The zero-order chi connectivity index (χ0) is 15.3. The summed E-state index contributed by atoms with van der Waals surface area (Å²) in [5.41, 5.74) is 0.980. The van der Waals surface area contributed by atoms with Crippen LogP contribution in [0.15, 0.2) is 27.6 Å². The number of hydrogen-bond donors (Lipinski definition) is 2. The number of aliphatic hydroxyl groups excluding tert-OH is 1. The van der Waals surface area contributed by atoms with Gasteiger partial charge in [-0.3, -0.25) is 0 Å². The summed E-state index contributed by atoms with van der Waals surface area (Å²) < 4.78 is 27.4. The van der Waals surface area contributed by atoms with Crippen LogP contribution < -0.4 is 4.72 Å². The van der Waals surface area contributed by atoms with E-state index in [1.54, 1.807) is 18.2 Å². The minimum Gasteiger partial charge on any atom is -0.391 e. The molecule has 1 rings (SSSR count). The molecule has 0 spiro atoms. The molecule has 1 atom stereocenters. The third kappa shape index (κ3) is 4.55. The van der Waals surface area contributed by atoms with Crippen molar-refractivity contribution in [3.05, 3.63) is 28.2 Å². The van der Waals surface area contributed by atoms with Crippen LogP contribution in [0.5, 0.6) is 0 Å². The first kappa shape index (κ1) is 17.6. The molecule has 0 aliphatic carbocycles. The van der Waals surface area contributed by atoms with Crippen molar-refractivity contribution in [3.8, 4) is 0 Å². The SMILES string of the molecule is CCC(CC)C(O)CNS(=O)(=O)c1ccc(C)cc1Br. The quantitative estimate of drug-likeness (QED) is 0.782. The summed E-state index contributed by atoms with van der Waals surface area (Å²) in [5, 5.41) is 9.99. The van der Waals surface area contributed by atoms with Crippen molar-refractivity contribution >= 4 is 26.0 Å². The van der Waals surface area contributed by atoms with Gasteiger partial charge in [-0.15, -0.1) is 0 Å². The van der Waals surface area contributed by atoms with E-state index in [2.05, 4.69) is 20.7 Å². The molecular weight excluding hydrogens is 342 g/mol. The predicted octanol–water partition coefficient (Wildman–Crippen LogP) is 2.83. The Hall–Kier alpha value is -0.430. The first-order chi connectivity index (χ1) is 9.31. The van der Waals surface area contributed by atoms with Crippen LogP contribution in [0.3, 0.4) is 0 Å². The molecule has 0 bridgehead atoms. The van der Waals surface area contributed by atoms with Crippen LogP contribution in [-0.2, 0) is 10.0 Å². The molecule has 1 unspecified atom stereocenters. The number of benzene rings is 1. The summed E-state index contributed by atoms with van der Waals surface area (Å²) in [7, 11) is -3.61. The van der Waals surface area contributed by atoms with Crippen LogP contribution in [0, 0.1) is 12.8 Å². The molecule has 0 heterocycles. The minimum atomic E-state index is -3.61. The van der Waals surface area contributed by atoms with E-state index in [0.717, 1.165) is 18.4 Å². The Morgan fingerprint density at radius 3 is 2.40 bits per heavy atom. The maximum absolute atomic E-state index is 12.2. The lowest BCUT2D eigenvalue weighted by Gasteiger charge is -2.20. The molecule has 0 saturated heterocycles. The molecule has 0 aliphatic rings. The normalized spacial score (nSPS) is 13.7. The van der Waals surface area contributed by atoms with E-state index in [9.17, 15) is 13.5 Å². The van der Waals surface area contributed by atoms with Crippen LogP contribution in [0.1, 0.15) is 32.3 Å². The molecular formula is C14H22BrNO3S. The van der Waals surface area contributed by atoms with Gasteiger partial charge in [0.05, 0.1) is 11.0 Å². The molecule has 0 saturated carbocycles. The predicted molar refractivity (Wildman–Crippen MR) is 84.1 cm³/mol. The van der Waals surface area contributed by atoms with Crippen molar-refractivity contribution in [1.82, 2.24) is 4.72 Å². The largest absolute Gasteiger partial charge is 0.391 e. The van der Waals surface area contributed by atoms with Gasteiger partial charge in [-0.05, 0) is 46.5 Å². The van der Waals surface area contributed by atoms with E-state index in [-0.39, 0.29) is 17.4 Å². The molecule has 0 aromatic heterocycles. The molecule has 2 N–H and O–H groups in total. The maximum Gasteiger partial charge on any atom is 0.241 e. The average Bonchev–Trinajstić information content (AvgIpc) is 2.37. The second kappa shape index (κ2) is 7.54. The lowest BCUT2D eigenvalue weighted by atomic mass is 9.97. The molecule has 0 amide bonds. The topological polar surface area (TPSA) is 66.4 Å². The van der Waals surface area contributed by atoms with Crippen LogP contribution in [0.25, 0.3) is 0 Å². The Kier molecular flexibility index (Phi) is 6.64. The zero-order valence-corrected chi connectivity index (χ0v) is 14.5. The van der Waals surface area contributed by atoms with Crippen molar-refractivity contribution in [3.63, 3.8) is 0 Å². The first-order valence-corrected chi connectivity index (χ1v) is 9.03. The Morgan fingerprint density at radius 2 is 1.90 bits per heavy atom. The molecule has 114 valence electrons. The molecule has 0 radical (unpaired) electrons. The van der Waals surface area contributed by atoms with E-state index < -0.39 is 16.1 Å². The van der Waals surface area contributed by atoms with E-state index >= 15 is 0 Å². The van der Waals surface area contributed by atoms with Gasteiger partial charge in [0.1, 0.15) is 0 Å². The summed E-state index contributed by atoms with van der Waals surface area (Å²) in [4.78, 5) is 0.194. The summed E-state index contributed by atoms with van der Waals surface area (Å²) in [6.45, 7) is 5.91. The minimum absolute atomic E-state index is 0.0367. The Morgan fingerprint density at radius 1 is 1.30 bits per heavy atom. The molecule has 6 heteroatoms. The van der Waals surface area contributed by atoms with Crippen LogP contribution >= 0.6 is 15.9 Å². The number of halogens is 1. The van der Waals surface area contributed by atoms with E-state index in [1.807, 2.05) is 20.8 Å². The van der Waals surface area contributed by atoms with E-state index in [1.165, 1.54) is 0 Å². The van der Waals surface area contributed by atoms with Gasteiger partial charge in [0, 0.05) is 11.0 Å². The molecule has 4 nitrogen and oxygen atoms in total.